The Bertz CT molecular complexity index is 853. The van der Waals surface area contributed by atoms with Gasteiger partial charge in [0, 0.05) is 0 Å². The van der Waals surface area contributed by atoms with Gasteiger partial charge >= 0.3 is 11.9 Å². The lowest BCUT2D eigenvalue weighted by Crippen LogP contribution is -2.13. The number of hydrogen-bond acceptors (Lipinski definition) is 7. The Morgan fingerprint density at radius 1 is 0.870 bits per heavy atom. The highest BCUT2D eigenvalue weighted by Gasteiger charge is 2.19. The molecule has 5 nitrogen and oxygen atoms in total. The zero-order valence-electron chi connectivity index (χ0n) is 11.6. The number of thiocarbonyl (C=S) groups is 2. The molecule has 0 heterocycles. The first-order chi connectivity index (χ1) is 11.2. The van der Waals surface area contributed by atoms with Crippen LogP contribution >= 0.6 is 24.4 Å². The molecule has 0 aliphatic heterocycles. The van der Waals surface area contributed by atoms with Gasteiger partial charge in [0.25, 0.3) is 0 Å². The van der Waals surface area contributed by atoms with Crippen molar-refractivity contribution in [1.29, 1.82) is 0 Å². The molecule has 0 saturated heterocycles. The molecule has 7 heteroatoms. The Morgan fingerprint density at radius 2 is 1.57 bits per heavy atom. The van der Waals surface area contributed by atoms with Gasteiger partial charge in [-0.05, 0) is 48.7 Å². The summed E-state index contributed by atoms with van der Waals surface area (Å²) >= 11 is 9.11. The van der Waals surface area contributed by atoms with Crippen molar-refractivity contribution in [2.24, 2.45) is 9.98 Å². The number of carbonyl (C=O) groups excluding carboxylic acids is 2. The molecule has 0 N–H and O–H groups in total. The summed E-state index contributed by atoms with van der Waals surface area (Å²) in [6, 6.07) is 12.7. The minimum absolute atomic E-state index is 0.0260. The molecule has 0 bridgehead atoms. The number of benzene rings is 2. The summed E-state index contributed by atoms with van der Waals surface area (Å²) in [6.45, 7) is 0. The lowest BCUT2D eigenvalue weighted by Gasteiger charge is -2.06. The third-order valence-corrected chi connectivity index (χ3v) is 2.94. The largest absolute Gasteiger partial charge is 0.386 e. The number of isothiocyanates is 2. The molecule has 0 amide bonds. The van der Waals surface area contributed by atoms with Gasteiger partial charge in [-0.15, -0.1) is 0 Å². The van der Waals surface area contributed by atoms with Gasteiger partial charge in [-0.2, -0.15) is 9.98 Å². The number of aliphatic imine (C=N–C) groups is 2. The predicted molar refractivity (Wildman–Crippen MR) is 92.0 cm³/mol. The minimum atomic E-state index is -0.871. The van der Waals surface area contributed by atoms with E-state index in [4.69, 9.17) is 4.74 Å². The SMILES string of the molecule is O=C(OC(=O)c1cccc(N=C=S)c1N=C=S)c1ccccc1. The lowest BCUT2D eigenvalue weighted by molar-refractivity contribution is 0.0398. The lowest BCUT2D eigenvalue weighted by atomic mass is 10.1. The van der Waals surface area contributed by atoms with Gasteiger partial charge in [0.2, 0.25) is 0 Å². The van der Waals surface area contributed by atoms with Gasteiger partial charge in [-0.3, -0.25) is 0 Å². The second-order valence-electron chi connectivity index (χ2n) is 4.12. The third kappa shape index (κ3) is 4.10. The van der Waals surface area contributed by atoms with Crippen LogP contribution in [0.2, 0.25) is 0 Å². The standard InChI is InChI=1S/C16H8N2O3S2/c19-15(11-5-2-1-3-6-11)21-16(20)12-7-4-8-13(17-9-22)14(12)18-10-23/h1-8H. The van der Waals surface area contributed by atoms with Crippen molar-refractivity contribution in [3.05, 3.63) is 59.7 Å². The molecule has 0 saturated carbocycles. The quantitative estimate of drug-likeness (QED) is 0.362. The smallest absolute Gasteiger partial charge is 0.348 e. The Kier molecular flexibility index (Phi) is 5.74. The van der Waals surface area contributed by atoms with Crippen LogP contribution in [0, 0.1) is 0 Å². The maximum absolute atomic E-state index is 12.2. The fraction of sp³-hybridized carbons (Fsp3) is 0. The molecule has 112 valence electrons. The molecule has 0 aliphatic rings. The summed E-state index contributed by atoms with van der Waals surface area (Å²) in [5, 5.41) is 4.34. The van der Waals surface area contributed by atoms with E-state index in [1.165, 1.54) is 6.07 Å². The predicted octanol–water partition coefficient (Wildman–Crippen LogP) is 4.15. The van der Waals surface area contributed by atoms with E-state index in [2.05, 4.69) is 44.7 Å². The second-order valence-corrected chi connectivity index (χ2v) is 4.49. The van der Waals surface area contributed by atoms with E-state index < -0.39 is 11.9 Å². The molecule has 0 aliphatic carbocycles. The molecule has 0 atom stereocenters. The van der Waals surface area contributed by atoms with Crippen LogP contribution in [0.3, 0.4) is 0 Å². The van der Waals surface area contributed by atoms with Crippen molar-refractivity contribution >= 4 is 58.1 Å². The fourth-order valence-electron chi connectivity index (χ4n) is 1.77. The molecule has 23 heavy (non-hydrogen) atoms. The van der Waals surface area contributed by atoms with Gasteiger partial charge in [-0.1, -0.05) is 24.3 Å². The Labute approximate surface area is 142 Å². The fourth-order valence-corrected chi connectivity index (χ4v) is 1.96. The minimum Gasteiger partial charge on any atom is -0.386 e. The van der Waals surface area contributed by atoms with Gasteiger partial charge in [-0.25, -0.2) is 9.59 Å². The molecule has 2 aromatic carbocycles. The van der Waals surface area contributed by atoms with Crippen LogP contribution in [-0.2, 0) is 4.74 Å². The highest BCUT2D eigenvalue weighted by atomic mass is 32.1. The number of ether oxygens (including phenoxy) is 1. The van der Waals surface area contributed by atoms with E-state index in [0.29, 0.717) is 0 Å². The van der Waals surface area contributed by atoms with Gasteiger partial charge in [0.1, 0.15) is 11.4 Å². The van der Waals surface area contributed by atoms with Gasteiger partial charge in [0.15, 0.2) is 0 Å². The Balaban J connectivity index is 2.36. The number of esters is 2. The van der Waals surface area contributed by atoms with Crippen molar-refractivity contribution in [2.45, 2.75) is 0 Å². The first-order valence-corrected chi connectivity index (χ1v) is 7.09. The molecule has 0 fully saturated rings. The van der Waals surface area contributed by atoms with Crippen molar-refractivity contribution in [3.63, 3.8) is 0 Å². The summed E-state index contributed by atoms with van der Waals surface area (Å²) in [4.78, 5) is 31.8. The summed E-state index contributed by atoms with van der Waals surface area (Å²) in [6.07, 6.45) is 0. The van der Waals surface area contributed by atoms with Crippen molar-refractivity contribution in [2.75, 3.05) is 0 Å². The van der Waals surface area contributed by atoms with Crippen LogP contribution in [0.4, 0.5) is 11.4 Å². The number of rotatable bonds is 4. The van der Waals surface area contributed by atoms with Crippen LogP contribution in [0.1, 0.15) is 20.7 Å². The van der Waals surface area contributed by atoms with E-state index in [0.717, 1.165) is 0 Å². The zero-order chi connectivity index (χ0) is 16.7. The van der Waals surface area contributed by atoms with Gasteiger partial charge < -0.3 is 4.74 Å². The Morgan fingerprint density at radius 3 is 2.22 bits per heavy atom. The topological polar surface area (TPSA) is 68.1 Å². The summed E-state index contributed by atoms with van der Waals surface area (Å²) in [7, 11) is 0. The van der Waals surface area contributed by atoms with Crippen LogP contribution in [-0.4, -0.2) is 22.3 Å². The van der Waals surface area contributed by atoms with E-state index in [-0.39, 0.29) is 22.5 Å². The molecular formula is C16H8N2O3S2. The normalized spacial score (nSPS) is 9.22. The highest BCUT2D eigenvalue weighted by molar-refractivity contribution is 7.78. The maximum Gasteiger partial charge on any atom is 0.348 e. The first-order valence-electron chi connectivity index (χ1n) is 6.27. The van der Waals surface area contributed by atoms with E-state index >= 15 is 0 Å². The molecule has 0 unspecified atom stereocenters. The summed E-state index contributed by atoms with van der Waals surface area (Å²) in [5.41, 5.74) is 0.677. The van der Waals surface area contributed by atoms with E-state index in [1.54, 1.807) is 42.5 Å². The number of hydrogen-bond donors (Lipinski definition) is 0. The van der Waals surface area contributed by atoms with E-state index in [9.17, 15) is 9.59 Å². The number of para-hydroxylation sites is 1. The van der Waals surface area contributed by atoms with Crippen molar-refractivity contribution < 1.29 is 14.3 Å². The van der Waals surface area contributed by atoms with E-state index in [1.807, 2.05) is 0 Å². The molecule has 0 spiro atoms. The molecule has 2 rings (SSSR count). The average Bonchev–Trinajstić information content (AvgIpc) is 2.57. The van der Waals surface area contributed by atoms with Crippen LogP contribution in [0.15, 0.2) is 58.5 Å². The molecule has 0 aromatic heterocycles. The van der Waals surface area contributed by atoms with Crippen LogP contribution < -0.4 is 0 Å². The van der Waals surface area contributed by atoms with Crippen molar-refractivity contribution in [3.8, 4) is 0 Å². The first kappa shape index (κ1) is 16.5. The number of carbonyl (C=O) groups is 2. The monoisotopic (exact) mass is 340 g/mol. The van der Waals surface area contributed by atoms with Gasteiger partial charge in [0.05, 0.1) is 21.4 Å². The maximum atomic E-state index is 12.2. The molecule has 2 aromatic rings. The zero-order valence-corrected chi connectivity index (χ0v) is 13.2. The second kappa shape index (κ2) is 7.98. The Hall–Kier alpha value is -2.82. The molecule has 0 radical (unpaired) electrons. The van der Waals surface area contributed by atoms with Crippen LogP contribution in [0.5, 0.6) is 0 Å². The summed E-state index contributed by atoms with van der Waals surface area (Å²) in [5.74, 6) is -1.64. The molecular weight excluding hydrogens is 332 g/mol. The average molecular weight is 340 g/mol. The number of nitrogens with zero attached hydrogens (tertiary/aromatic N) is 2. The summed E-state index contributed by atoms with van der Waals surface area (Å²) < 4.78 is 4.85. The van der Waals surface area contributed by atoms with Crippen LogP contribution in [0.25, 0.3) is 0 Å². The third-order valence-electron chi connectivity index (χ3n) is 2.75. The van der Waals surface area contributed by atoms with Crippen molar-refractivity contribution in [1.82, 2.24) is 0 Å². The highest BCUT2D eigenvalue weighted by Crippen LogP contribution is 2.31.